The fourth-order valence-corrected chi connectivity index (χ4v) is 2.39. The Morgan fingerprint density at radius 1 is 1.38 bits per heavy atom. The number of aliphatic imine (C=N–C) groups is 1. The number of nitrogens with zero attached hydrogens (tertiary/aromatic N) is 3. The molecule has 0 unspecified atom stereocenters. The lowest BCUT2D eigenvalue weighted by Gasteiger charge is -2.26. The van der Waals surface area contributed by atoms with E-state index in [9.17, 15) is 13.2 Å². The first kappa shape index (κ1) is 20.2. The number of hydrogen-bond donors (Lipinski definition) is 2. The van der Waals surface area contributed by atoms with Gasteiger partial charge in [0.25, 0.3) is 0 Å². The van der Waals surface area contributed by atoms with Gasteiger partial charge in [-0.1, -0.05) is 6.07 Å². The van der Waals surface area contributed by atoms with Gasteiger partial charge < -0.3 is 20.5 Å². The smallest absolute Gasteiger partial charge is 0.422 e. The molecule has 7 nitrogen and oxygen atoms in total. The Labute approximate surface area is 150 Å². The highest BCUT2D eigenvalue weighted by Gasteiger charge is 2.29. The van der Waals surface area contributed by atoms with Crippen LogP contribution in [0.3, 0.4) is 0 Å². The molecule has 0 amide bonds. The van der Waals surface area contributed by atoms with E-state index in [1.807, 2.05) is 0 Å². The van der Waals surface area contributed by atoms with Crippen LogP contribution in [0.25, 0.3) is 0 Å². The summed E-state index contributed by atoms with van der Waals surface area (Å²) >= 11 is 0. The number of hydrogen-bond acceptors (Lipinski definition) is 5. The second kappa shape index (κ2) is 10.2. The number of ether oxygens (including phenoxy) is 2. The molecule has 0 radical (unpaired) electrons. The van der Waals surface area contributed by atoms with Crippen LogP contribution in [0, 0.1) is 0 Å². The first-order valence-electron chi connectivity index (χ1n) is 8.41. The largest absolute Gasteiger partial charge is 0.468 e. The van der Waals surface area contributed by atoms with Gasteiger partial charge in [0.05, 0.1) is 19.8 Å². The summed E-state index contributed by atoms with van der Waals surface area (Å²) in [5.41, 5.74) is 6.24. The lowest BCUT2D eigenvalue weighted by atomic mass is 10.3. The average Bonchev–Trinajstić information content (AvgIpc) is 2.63. The van der Waals surface area contributed by atoms with Crippen molar-refractivity contribution in [3.05, 3.63) is 23.9 Å². The van der Waals surface area contributed by atoms with Crippen LogP contribution in [0.1, 0.15) is 12.0 Å². The van der Waals surface area contributed by atoms with E-state index in [2.05, 4.69) is 20.2 Å². The maximum atomic E-state index is 12.3. The van der Waals surface area contributed by atoms with Crippen LogP contribution in [0.5, 0.6) is 5.88 Å². The molecule has 0 bridgehead atoms. The molecule has 2 rings (SSSR count). The van der Waals surface area contributed by atoms with Gasteiger partial charge >= 0.3 is 6.18 Å². The number of aromatic nitrogens is 1. The monoisotopic (exact) mass is 375 g/mol. The van der Waals surface area contributed by atoms with E-state index in [1.165, 1.54) is 6.20 Å². The minimum Gasteiger partial charge on any atom is -0.468 e. The van der Waals surface area contributed by atoms with Crippen molar-refractivity contribution in [1.29, 1.82) is 0 Å². The van der Waals surface area contributed by atoms with E-state index in [0.717, 1.165) is 39.3 Å². The Balaban J connectivity index is 1.73. The van der Waals surface area contributed by atoms with Gasteiger partial charge in [0.1, 0.15) is 0 Å². The summed E-state index contributed by atoms with van der Waals surface area (Å²) in [5.74, 6) is 0.145. The number of morpholine rings is 1. The van der Waals surface area contributed by atoms with E-state index in [4.69, 9.17) is 15.2 Å². The van der Waals surface area contributed by atoms with Gasteiger partial charge in [-0.25, -0.2) is 9.98 Å². The van der Waals surface area contributed by atoms with Crippen molar-refractivity contribution in [1.82, 2.24) is 15.2 Å². The molecule has 1 aromatic rings. The van der Waals surface area contributed by atoms with E-state index >= 15 is 0 Å². The third kappa shape index (κ3) is 7.87. The van der Waals surface area contributed by atoms with Crippen molar-refractivity contribution in [3.8, 4) is 5.88 Å². The summed E-state index contributed by atoms with van der Waals surface area (Å²) in [6.07, 6.45) is -2.14. The van der Waals surface area contributed by atoms with Crippen LogP contribution in [0.4, 0.5) is 13.2 Å². The highest BCUT2D eigenvalue weighted by Crippen LogP contribution is 2.20. The van der Waals surface area contributed by atoms with Crippen molar-refractivity contribution >= 4 is 5.96 Å². The fourth-order valence-electron chi connectivity index (χ4n) is 2.39. The third-order valence-electron chi connectivity index (χ3n) is 3.70. The predicted molar refractivity (Wildman–Crippen MR) is 91.0 cm³/mol. The van der Waals surface area contributed by atoms with Gasteiger partial charge in [-0.15, -0.1) is 0 Å². The topological polar surface area (TPSA) is 85.0 Å². The average molecular weight is 375 g/mol. The van der Waals surface area contributed by atoms with Gasteiger partial charge in [-0.2, -0.15) is 13.2 Å². The van der Waals surface area contributed by atoms with Gasteiger partial charge in [0.2, 0.25) is 5.88 Å². The van der Waals surface area contributed by atoms with Gasteiger partial charge in [0, 0.05) is 31.4 Å². The number of guanidine groups is 1. The van der Waals surface area contributed by atoms with Crippen LogP contribution in [0.15, 0.2) is 23.3 Å². The Hall–Kier alpha value is -2.07. The molecule has 0 aromatic carbocycles. The van der Waals surface area contributed by atoms with Crippen LogP contribution >= 0.6 is 0 Å². The zero-order valence-corrected chi connectivity index (χ0v) is 14.5. The molecule has 1 fully saturated rings. The molecular weight excluding hydrogens is 351 g/mol. The van der Waals surface area contributed by atoms with Crippen LogP contribution in [-0.4, -0.2) is 68.0 Å². The van der Waals surface area contributed by atoms with E-state index in [-0.39, 0.29) is 18.4 Å². The predicted octanol–water partition coefficient (Wildman–Crippen LogP) is 1.15. The van der Waals surface area contributed by atoms with E-state index < -0.39 is 12.8 Å². The molecule has 0 spiro atoms. The highest BCUT2D eigenvalue weighted by atomic mass is 19.4. The van der Waals surface area contributed by atoms with Crippen LogP contribution in [-0.2, 0) is 11.3 Å². The second-order valence-electron chi connectivity index (χ2n) is 5.81. The molecule has 26 heavy (non-hydrogen) atoms. The SMILES string of the molecule is NC(=NCc1cccnc1OCC(F)(F)F)NCCCN1CCOCC1. The molecule has 1 aromatic heterocycles. The molecule has 1 aliphatic rings. The molecule has 2 heterocycles. The Morgan fingerprint density at radius 2 is 2.15 bits per heavy atom. The summed E-state index contributed by atoms with van der Waals surface area (Å²) < 4.78 is 46.8. The molecule has 3 N–H and O–H groups in total. The fraction of sp³-hybridized carbons (Fsp3) is 0.625. The summed E-state index contributed by atoms with van der Waals surface area (Å²) in [6.45, 7) is 3.70. The lowest BCUT2D eigenvalue weighted by Crippen LogP contribution is -2.39. The van der Waals surface area contributed by atoms with Crippen molar-refractivity contribution < 1.29 is 22.6 Å². The van der Waals surface area contributed by atoms with Crippen molar-refractivity contribution in [2.45, 2.75) is 19.1 Å². The van der Waals surface area contributed by atoms with Gasteiger partial charge in [-0.3, -0.25) is 4.90 Å². The molecular formula is C16H24F3N5O2. The number of alkyl halides is 3. The van der Waals surface area contributed by atoms with Crippen molar-refractivity contribution in [3.63, 3.8) is 0 Å². The van der Waals surface area contributed by atoms with Gasteiger partial charge in [-0.05, 0) is 19.0 Å². The summed E-state index contributed by atoms with van der Waals surface area (Å²) in [6, 6.07) is 3.21. The number of pyridine rings is 1. The first-order chi connectivity index (χ1) is 12.4. The zero-order chi connectivity index (χ0) is 18.8. The van der Waals surface area contributed by atoms with Crippen LogP contribution in [0.2, 0.25) is 0 Å². The van der Waals surface area contributed by atoms with Crippen molar-refractivity contribution in [2.24, 2.45) is 10.7 Å². The number of nitrogens with one attached hydrogen (secondary N) is 1. The van der Waals surface area contributed by atoms with E-state index in [1.54, 1.807) is 12.1 Å². The minimum atomic E-state index is -4.42. The molecule has 0 aliphatic carbocycles. The number of halogens is 3. The molecule has 0 atom stereocenters. The number of nitrogens with two attached hydrogens (primary N) is 1. The standard InChI is InChI=1S/C16H24F3N5O2/c17-16(18,19)12-26-14-13(3-1-4-21-14)11-23-15(20)22-5-2-6-24-7-9-25-10-8-24/h1,3-4H,2,5-12H2,(H3,20,22,23). The maximum absolute atomic E-state index is 12.3. The van der Waals surface area contributed by atoms with Crippen LogP contribution < -0.4 is 15.8 Å². The Bertz CT molecular complexity index is 577. The summed E-state index contributed by atoms with van der Waals surface area (Å²) in [7, 11) is 0. The number of rotatable bonds is 8. The zero-order valence-electron chi connectivity index (χ0n) is 14.5. The molecule has 146 valence electrons. The lowest BCUT2D eigenvalue weighted by molar-refractivity contribution is -0.154. The Kier molecular flexibility index (Phi) is 7.92. The molecule has 0 saturated carbocycles. The molecule has 10 heteroatoms. The Morgan fingerprint density at radius 3 is 2.88 bits per heavy atom. The minimum absolute atomic E-state index is 0.0866. The molecule has 1 saturated heterocycles. The first-order valence-corrected chi connectivity index (χ1v) is 8.41. The van der Waals surface area contributed by atoms with Gasteiger partial charge in [0.15, 0.2) is 12.6 Å². The second-order valence-corrected chi connectivity index (χ2v) is 5.81. The quantitative estimate of drug-likeness (QED) is 0.403. The van der Waals surface area contributed by atoms with E-state index in [0.29, 0.717) is 12.1 Å². The molecule has 1 aliphatic heterocycles. The van der Waals surface area contributed by atoms with Crippen molar-refractivity contribution in [2.75, 3.05) is 46.0 Å². The third-order valence-corrected chi connectivity index (χ3v) is 3.70. The highest BCUT2D eigenvalue weighted by molar-refractivity contribution is 5.77. The summed E-state index contributed by atoms with van der Waals surface area (Å²) in [5, 5.41) is 3.00. The normalized spacial score (nSPS) is 16.5. The maximum Gasteiger partial charge on any atom is 0.422 e. The summed E-state index contributed by atoms with van der Waals surface area (Å²) in [4.78, 5) is 10.3.